The van der Waals surface area contributed by atoms with Crippen molar-refractivity contribution in [1.82, 2.24) is 5.32 Å². The highest BCUT2D eigenvalue weighted by molar-refractivity contribution is 5.80. The number of rotatable bonds is 5. The average molecular weight is 421 g/mol. The van der Waals surface area contributed by atoms with Gasteiger partial charge in [0.15, 0.2) is 0 Å². The van der Waals surface area contributed by atoms with Crippen LogP contribution >= 0.6 is 0 Å². The van der Waals surface area contributed by atoms with Crippen LogP contribution < -0.4 is 5.32 Å². The van der Waals surface area contributed by atoms with E-state index in [9.17, 15) is 14.4 Å². The fourth-order valence-corrected chi connectivity index (χ4v) is 3.66. The summed E-state index contributed by atoms with van der Waals surface area (Å²) in [6.07, 6.45) is 4.68. The lowest BCUT2D eigenvalue weighted by Crippen LogP contribution is -2.38. The first-order chi connectivity index (χ1) is 15.0. The van der Waals surface area contributed by atoms with Gasteiger partial charge >= 0.3 is 11.9 Å². The third kappa shape index (κ3) is 6.81. The molecule has 3 rings (SSSR count). The zero-order valence-corrected chi connectivity index (χ0v) is 17.3. The third-order valence-electron chi connectivity index (χ3n) is 5.37. The standard InChI is InChI=1S/C25H27NO5/c27-23(28)16-21-14-8-7-13-20(15-18-9-3-1-4-10-18)24(29)26-22(17-31-25(21)30)19-11-5-2-6-12-19/h1-12,20-22H,13-17H2,(H,26,29)(H,27,28)/b8-7+/t20-,21+,22+/m1/s1. The first kappa shape index (κ1) is 22.3. The number of esters is 1. The topological polar surface area (TPSA) is 92.7 Å². The van der Waals surface area contributed by atoms with Gasteiger partial charge in [0.05, 0.1) is 18.4 Å². The third-order valence-corrected chi connectivity index (χ3v) is 5.37. The minimum atomic E-state index is -1.04. The van der Waals surface area contributed by atoms with E-state index in [2.05, 4.69) is 5.32 Å². The Labute approximate surface area is 181 Å². The molecule has 3 atom stereocenters. The van der Waals surface area contributed by atoms with E-state index in [0.29, 0.717) is 12.8 Å². The second kappa shape index (κ2) is 11.1. The Morgan fingerprint density at radius 1 is 0.935 bits per heavy atom. The molecule has 1 aliphatic heterocycles. The molecule has 0 radical (unpaired) electrons. The van der Waals surface area contributed by atoms with E-state index in [0.717, 1.165) is 11.1 Å². The monoisotopic (exact) mass is 421 g/mol. The Morgan fingerprint density at radius 3 is 2.19 bits per heavy atom. The normalized spacial score (nSPS) is 23.5. The summed E-state index contributed by atoms with van der Waals surface area (Å²) in [5.41, 5.74) is 1.89. The van der Waals surface area contributed by atoms with Crippen molar-refractivity contribution in [3.63, 3.8) is 0 Å². The van der Waals surface area contributed by atoms with Crippen molar-refractivity contribution in [2.75, 3.05) is 6.61 Å². The number of cyclic esters (lactones) is 1. The Morgan fingerprint density at radius 2 is 1.55 bits per heavy atom. The molecule has 0 fully saturated rings. The molecule has 2 aromatic carbocycles. The van der Waals surface area contributed by atoms with Gasteiger partial charge < -0.3 is 15.2 Å². The lowest BCUT2D eigenvalue weighted by molar-refractivity contribution is -0.154. The highest BCUT2D eigenvalue weighted by Gasteiger charge is 2.27. The van der Waals surface area contributed by atoms with Crippen molar-refractivity contribution in [1.29, 1.82) is 0 Å². The maximum absolute atomic E-state index is 13.1. The number of hydrogen-bond acceptors (Lipinski definition) is 4. The zero-order chi connectivity index (χ0) is 22.1. The summed E-state index contributed by atoms with van der Waals surface area (Å²) in [5, 5.41) is 12.2. The summed E-state index contributed by atoms with van der Waals surface area (Å²) in [4.78, 5) is 36.8. The molecule has 1 amide bonds. The van der Waals surface area contributed by atoms with E-state index in [-0.39, 0.29) is 31.3 Å². The second-order valence-electron chi connectivity index (χ2n) is 7.73. The number of ether oxygens (including phenoxy) is 1. The number of carboxylic acid groups (broad SMARTS) is 1. The number of benzene rings is 2. The number of carbonyl (C=O) groups is 3. The molecule has 0 saturated carbocycles. The summed E-state index contributed by atoms with van der Waals surface area (Å²) in [5.74, 6) is -2.77. The molecule has 2 N–H and O–H groups in total. The van der Waals surface area contributed by atoms with Gasteiger partial charge in [0.25, 0.3) is 0 Å². The summed E-state index contributed by atoms with van der Waals surface area (Å²) in [6, 6.07) is 18.6. The molecule has 0 bridgehead atoms. The van der Waals surface area contributed by atoms with Gasteiger partial charge in [-0.1, -0.05) is 72.8 Å². The number of nitrogens with one attached hydrogen (secondary N) is 1. The lowest BCUT2D eigenvalue weighted by Gasteiger charge is -2.24. The van der Waals surface area contributed by atoms with Gasteiger partial charge in [-0.3, -0.25) is 14.4 Å². The van der Waals surface area contributed by atoms with Gasteiger partial charge in [0.2, 0.25) is 5.91 Å². The van der Waals surface area contributed by atoms with E-state index in [1.54, 1.807) is 6.08 Å². The summed E-state index contributed by atoms with van der Waals surface area (Å²) in [7, 11) is 0. The lowest BCUT2D eigenvalue weighted by atomic mass is 9.93. The van der Waals surface area contributed by atoms with Crippen molar-refractivity contribution in [3.8, 4) is 0 Å². The van der Waals surface area contributed by atoms with Gasteiger partial charge in [-0.25, -0.2) is 0 Å². The molecule has 0 aliphatic carbocycles. The maximum atomic E-state index is 13.1. The molecule has 2 aromatic rings. The molecule has 1 heterocycles. The van der Waals surface area contributed by atoms with Crippen molar-refractivity contribution < 1.29 is 24.2 Å². The van der Waals surface area contributed by atoms with Crippen molar-refractivity contribution in [3.05, 3.63) is 83.9 Å². The van der Waals surface area contributed by atoms with Gasteiger partial charge in [-0.15, -0.1) is 0 Å². The molecule has 162 valence electrons. The molecular formula is C25H27NO5. The quantitative estimate of drug-likeness (QED) is 0.567. The molecular weight excluding hydrogens is 394 g/mol. The zero-order valence-electron chi connectivity index (χ0n) is 17.3. The Kier molecular flexibility index (Phi) is 7.98. The summed E-state index contributed by atoms with van der Waals surface area (Å²) in [6.45, 7) is -0.0491. The summed E-state index contributed by atoms with van der Waals surface area (Å²) < 4.78 is 5.45. The number of aliphatic carboxylic acids is 1. The van der Waals surface area contributed by atoms with Crippen LogP contribution in [0.2, 0.25) is 0 Å². The van der Waals surface area contributed by atoms with Crippen LogP contribution in [0.3, 0.4) is 0 Å². The molecule has 0 unspecified atom stereocenters. The number of amides is 1. The molecule has 6 nitrogen and oxygen atoms in total. The van der Waals surface area contributed by atoms with E-state index in [4.69, 9.17) is 9.84 Å². The van der Waals surface area contributed by atoms with Gasteiger partial charge in [0.1, 0.15) is 6.61 Å². The number of carbonyl (C=O) groups excluding carboxylic acids is 2. The van der Waals surface area contributed by atoms with Crippen LogP contribution in [0.4, 0.5) is 0 Å². The highest BCUT2D eigenvalue weighted by Crippen LogP contribution is 2.21. The average Bonchev–Trinajstić information content (AvgIpc) is 2.77. The number of carboxylic acids is 1. The fourth-order valence-electron chi connectivity index (χ4n) is 3.66. The predicted octanol–water partition coefficient (Wildman–Crippen LogP) is 3.69. The molecule has 0 aromatic heterocycles. The van der Waals surface area contributed by atoms with E-state index < -0.39 is 23.9 Å². The van der Waals surface area contributed by atoms with Crippen LogP contribution in [0.25, 0.3) is 0 Å². The van der Waals surface area contributed by atoms with Gasteiger partial charge in [-0.05, 0) is 30.4 Å². The molecule has 31 heavy (non-hydrogen) atoms. The Bertz CT molecular complexity index is 910. The SMILES string of the molecule is O=C(O)C[C@@H]1C/C=C/C[C@H](Cc2ccccc2)C(=O)N[C@H](c2ccccc2)COC1=O. The van der Waals surface area contributed by atoms with E-state index >= 15 is 0 Å². The molecule has 0 spiro atoms. The number of hydrogen-bond donors (Lipinski definition) is 2. The minimum Gasteiger partial charge on any atom is -0.481 e. The number of allylic oxidation sites excluding steroid dienone is 2. The summed E-state index contributed by atoms with van der Waals surface area (Å²) >= 11 is 0. The maximum Gasteiger partial charge on any atom is 0.309 e. The predicted molar refractivity (Wildman–Crippen MR) is 116 cm³/mol. The van der Waals surface area contributed by atoms with Crippen LogP contribution in [0.15, 0.2) is 72.8 Å². The molecule has 6 heteroatoms. The van der Waals surface area contributed by atoms with E-state index in [1.807, 2.05) is 66.7 Å². The molecule has 0 saturated heterocycles. The Hall–Kier alpha value is -3.41. The van der Waals surface area contributed by atoms with Crippen LogP contribution in [0, 0.1) is 11.8 Å². The highest BCUT2D eigenvalue weighted by atomic mass is 16.5. The van der Waals surface area contributed by atoms with Crippen LogP contribution in [-0.4, -0.2) is 29.6 Å². The van der Waals surface area contributed by atoms with Crippen molar-refractivity contribution in [2.24, 2.45) is 11.8 Å². The van der Waals surface area contributed by atoms with E-state index in [1.165, 1.54) is 0 Å². The largest absolute Gasteiger partial charge is 0.481 e. The molecule has 1 aliphatic rings. The van der Waals surface area contributed by atoms with Crippen molar-refractivity contribution in [2.45, 2.75) is 31.7 Å². The van der Waals surface area contributed by atoms with Crippen LogP contribution in [0.5, 0.6) is 0 Å². The van der Waals surface area contributed by atoms with Crippen LogP contribution in [0.1, 0.15) is 36.4 Å². The minimum absolute atomic E-state index is 0.0491. The first-order valence-corrected chi connectivity index (χ1v) is 10.5. The fraction of sp³-hybridized carbons (Fsp3) is 0.320. The Balaban J connectivity index is 1.85. The second-order valence-corrected chi connectivity index (χ2v) is 7.73. The first-order valence-electron chi connectivity index (χ1n) is 10.5. The van der Waals surface area contributed by atoms with Crippen LogP contribution in [-0.2, 0) is 25.5 Å². The van der Waals surface area contributed by atoms with Gasteiger partial charge in [-0.2, -0.15) is 0 Å². The van der Waals surface area contributed by atoms with Gasteiger partial charge in [0, 0.05) is 5.92 Å². The smallest absolute Gasteiger partial charge is 0.309 e. The van der Waals surface area contributed by atoms with Crippen molar-refractivity contribution >= 4 is 17.8 Å².